The van der Waals surface area contributed by atoms with Crippen LogP contribution in [-0.4, -0.2) is 40.5 Å². The first-order valence-corrected chi connectivity index (χ1v) is 7.62. The summed E-state index contributed by atoms with van der Waals surface area (Å²) in [6, 6.07) is 2.00. The lowest BCUT2D eigenvalue weighted by Crippen LogP contribution is -2.36. The average molecular weight is 269 g/mol. The van der Waals surface area contributed by atoms with Gasteiger partial charge in [-0.2, -0.15) is 11.8 Å². The minimum Gasteiger partial charge on any atom is -0.397 e. The van der Waals surface area contributed by atoms with Crippen LogP contribution in [0.1, 0.15) is 30.8 Å². The van der Waals surface area contributed by atoms with E-state index in [4.69, 9.17) is 5.73 Å². The topological polar surface area (TPSA) is 51.3 Å². The molecule has 0 aliphatic carbocycles. The SMILES string of the molecule is CCn1cc(N)cc1C(=O)N(C)C(C)CCSC. The Morgan fingerprint density at radius 1 is 1.61 bits per heavy atom. The van der Waals surface area contributed by atoms with Crippen LogP contribution in [0.4, 0.5) is 5.69 Å². The Labute approximate surface area is 114 Å². The molecule has 0 aromatic carbocycles. The third kappa shape index (κ3) is 3.45. The molecule has 0 radical (unpaired) electrons. The summed E-state index contributed by atoms with van der Waals surface area (Å²) in [4.78, 5) is 14.2. The van der Waals surface area contributed by atoms with Gasteiger partial charge in [0.1, 0.15) is 5.69 Å². The summed E-state index contributed by atoms with van der Waals surface area (Å²) < 4.78 is 1.90. The van der Waals surface area contributed by atoms with Crippen molar-refractivity contribution >= 4 is 23.4 Å². The van der Waals surface area contributed by atoms with Gasteiger partial charge in [-0.3, -0.25) is 4.79 Å². The van der Waals surface area contributed by atoms with Gasteiger partial charge in [0.25, 0.3) is 5.91 Å². The van der Waals surface area contributed by atoms with Crippen molar-refractivity contribution in [3.05, 3.63) is 18.0 Å². The van der Waals surface area contributed by atoms with E-state index >= 15 is 0 Å². The number of hydrogen-bond acceptors (Lipinski definition) is 3. The van der Waals surface area contributed by atoms with Crippen LogP contribution < -0.4 is 5.73 Å². The molecule has 18 heavy (non-hydrogen) atoms. The highest BCUT2D eigenvalue weighted by Crippen LogP contribution is 2.15. The van der Waals surface area contributed by atoms with Gasteiger partial charge >= 0.3 is 0 Å². The van der Waals surface area contributed by atoms with Crippen molar-refractivity contribution in [2.24, 2.45) is 0 Å². The van der Waals surface area contributed by atoms with Gasteiger partial charge in [-0.25, -0.2) is 0 Å². The highest BCUT2D eigenvalue weighted by Gasteiger charge is 2.20. The van der Waals surface area contributed by atoms with E-state index in [9.17, 15) is 4.79 Å². The molecule has 0 aliphatic heterocycles. The molecule has 1 amide bonds. The molecule has 1 aromatic heterocycles. The van der Waals surface area contributed by atoms with E-state index in [2.05, 4.69) is 13.2 Å². The van der Waals surface area contributed by atoms with Crippen LogP contribution >= 0.6 is 11.8 Å². The molecule has 2 N–H and O–H groups in total. The molecule has 0 saturated carbocycles. The second-order valence-electron chi connectivity index (χ2n) is 4.49. The fraction of sp³-hybridized carbons (Fsp3) is 0.615. The fourth-order valence-corrected chi connectivity index (χ4v) is 2.41. The Bertz CT molecular complexity index is 403. The average Bonchev–Trinajstić information content (AvgIpc) is 2.75. The lowest BCUT2D eigenvalue weighted by molar-refractivity contribution is 0.0730. The Hall–Kier alpha value is -1.10. The number of amides is 1. The number of nitrogens with zero attached hydrogens (tertiary/aromatic N) is 2. The summed E-state index contributed by atoms with van der Waals surface area (Å²) in [5.74, 6) is 1.11. The van der Waals surface area contributed by atoms with E-state index in [1.54, 1.807) is 22.7 Å². The first-order chi connectivity index (χ1) is 8.51. The standard InChI is InChI=1S/C13H23N3OS/c1-5-16-9-11(14)8-12(16)13(17)15(3)10(2)6-7-18-4/h8-10H,5-7,14H2,1-4H3. The maximum atomic E-state index is 12.4. The summed E-state index contributed by atoms with van der Waals surface area (Å²) in [5.41, 5.74) is 7.07. The van der Waals surface area contributed by atoms with Gasteiger partial charge in [0.05, 0.1) is 5.69 Å². The van der Waals surface area contributed by atoms with E-state index < -0.39 is 0 Å². The number of anilines is 1. The van der Waals surface area contributed by atoms with Crippen LogP contribution in [0.2, 0.25) is 0 Å². The zero-order valence-corrected chi connectivity index (χ0v) is 12.5. The third-order valence-corrected chi connectivity index (χ3v) is 3.84. The lowest BCUT2D eigenvalue weighted by atomic mass is 10.2. The van der Waals surface area contributed by atoms with E-state index in [-0.39, 0.29) is 11.9 Å². The highest BCUT2D eigenvalue weighted by atomic mass is 32.2. The third-order valence-electron chi connectivity index (χ3n) is 3.20. The van der Waals surface area contributed by atoms with E-state index in [0.29, 0.717) is 11.4 Å². The number of carbonyl (C=O) groups is 1. The van der Waals surface area contributed by atoms with E-state index in [1.807, 2.05) is 24.7 Å². The number of aromatic nitrogens is 1. The predicted octanol–water partition coefficient (Wildman–Crippen LogP) is 2.30. The Morgan fingerprint density at radius 2 is 2.28 bits per heavy atom. The quantitative estimate of drug-likeness (QED) is 0.862. The smallest absolute Gasteiger partial charge is 0.270 e. The Kier molecular flexibility index (Phi) is 5.59. The number of rotatable bonds is 6. The maximum Gasteiger partial charge on any atom is 0.270 e. The zero-order valence-electron chi connectivity index (χ0n) is 11.6. The van der Waals surface area contributed by atoms with Crippen LogP contribution in [-0.2, 0) is 6.54 Å². The van der Waals surface area contributed by atoms with Crippen LogP contribution in [0.3, 0.4) is 0 Å². The van der Waals surface area contributed by atoms with Crippen molar-refractivity contribution < 1.29 is 4.79 Å². The van der Waals surface area contributed by atoms with Gasteiger partial charge in [-0.1, -0.05) is 0 Å². The molecule has 0 spiro atoms. The van der Waals surface area contributed by atoms with Gasteiger partial charge in [0, 0.05) is 25.8 Å². The molecular formula is C13H23N3OS. The number of nitrogen functional groups attached to an aromatic ring is 1. The van der Waals surface area contributed by atoms with Crippen molar-refractivity contribution in [2.45, 2.75) is 32.9 Å². The second kappa shape index (κ2) is 6.73. The van der Waals surface area contributed by atoms with Gasteiger partial charge in [0.15, 0.2) is 0 Å². The largest absolute Gasteiger partial charge is 0.397 e. The molecule has 0 saturated heterocycles. The Morgan fingerprint density at radius 3 is 2.83 bits per heavy atom. The monoisotopic (exact) mass is 269 g/mol. The van der Waals surface area contributed by atoms with Crippen molar-refractivity contribution in [2.75, 3.05) is 24.8 Å². The van der Waals surface area contributed by atoms with E-state index in [0.717, 1.165) is 18.7 Å². The second-order valence-corrected chi connectivity index (χ2v) is 5.48. The highest BCUT2D eigenvalue weighted by molar-refractivity contribution is 7.98. The van der Waals surface area contributed by atoms with Crippen molar-refractivity contribution in [3.63, 3.8) is 0 Å². The number of nitrogens with two attached hydrogens (primary N) is 1. The molecule has 1 atom stereocenters. The predicted molar refractivity (Wildman–Crippen MR) is 79.1 cm³/mol. The van der Waals surface area contributed by atoms with Crippen molar-refractivity contribution in [1.29, 1.82) is 0 Å². The van der Waals surface area contributed by atoms with Gasteiger partial charge in [-0.05, 0) is 38.3 Å². The number of hydrogen-bond donors (Lipinski definition) is 1. The van der Waals surface area contributed by atoms with E-state index in [1.165, 1.54) is 0 Å². The summed E-state index contributed by atoms with van der Waals surface area (Å²) >= 11 is 1.80. The molecule has 4 nitrogen and oxygen atoms in total. The van der Waals surface area contributed by atoms with Crippen LogP contribution in [0, 0.1) is 0 Å². The zero-order chi connectivity index (χ0) is 13.7. The van der Waals surface area contributed by atoms with Crippen LogP contribution in [0.25, 0.3) is 0 Å². The number of carbonyl (C=O) groups excluding carboxylic acids is 1. The summed E-state index contributed by atoms with van der Waals surface area (Å²) in [7, 11) is 1.86. The van der Waals surface area contributed by atoms with Crippen molar-refractivity contribution in [3.8, 4) is 0 Å². The number of thioether (sulfide) groups is 1. The molecule has 5 heteroatoms. The minimum atomic E-state index is 0.0437. The van der Waals surface area contributed by atoms with Crippen LogP contribution in [0.15, 0.2) is 12.3 Å². The summed E-state index contributed by atoms with van der Waals surface area (Å²) in [6.07, 6.45) is 4.90. The van der Waals surface area contributed by atoms with Gasteiger partial charge in [-0.15, -0.1) is 0 Å². The normalized spacial score (nSPS) is 12.4. The van der Waals surface area contributed by atoms with Crippen LogP contribution in [0.5, 0.6) is 0 Å². The fourth-order valence-electron chi connectivity index (χ4n) is 1.84. The van der Waals surface area contributed by atoms with Gasteiger partial charge in [0.2, 0.25) is 0 Å². The molecule has 0 fully saturated rings. The lowest BCUT2D eigenvalue weighted by Gasteiger charge is -2.25. The molecule has 102 valence electrons. The molecule has 0 bridgehead atoms. The minimum absolute atomic E-state index is 0.0437. The summed E-state index contributed by atoms with van der Waals surface area (Å²) in [6.45, 7) is 4.84. The molecule has 1 unspecified atom stereocenters. The molecule has 1 heterocycles. The molecular weight excluding hydrogens is 246 g/mol. The molecule has 1 aromatic rings. The van der Waals surface area contributed by atoms with Gasteiger partial charge < -0.3 is 15.2 Å². The molecule has 1 rings (SSSR count). The first-order valence-electron chi connectivity index (χ1n) is 6.23. The molecule has 0 aliphatic rings. The maximum absolute atomic E-state index is 12.4. The number of aryl methyl sites for hydroxylation is 1. The Balaban J connectivity index is 2.79. The van der Waals surface area contributed by atoms with Crippen molar-refractivity contribution in [1.82, 2.24) is 9.47 Å². The summed E-state index contributed by atoms with van der Waals surface area (Å²) in [5, 5.41) is 0. The first kappa shape index (κ1) is 15.0.